The van der Waals surface area contributed by atoms with E-state index in [1.54, 1.807) is 6.20 Å². The zero-order valence-corrected chi connectivity index (χ0v) is 10.2. The molecule has 1 aromatic heterocycles. The van der Waals surface area contributed by atoms with Crippen LogP contribution in [0, 0.1) is 0 Å². The fourth-order valence-electron chi connectivity index (χ4n) is 1.28. The van der Waals surface area contributed by atoms with Crippen LogP contribution in [0.2, 0.25) is 0 Å². The summed E-state index contributed by atoms with van der Waals surface area (Å²) in [7, 11) is 0. The molecule has 0 spiro atoms. The Hall–Kier alpha value is -1.35. The smallest absolute Gasteiger partial charge is 0.138 e. The van der Waals surface area contributed by atoms with Crippen LogP contribution in [0.3, 0.4) is 0 Å². The fourth-order valence-corrected chi connectivity index (χ4v) is 1.28. The van der Waals surface area contributed by atoms with E-state index in [9.17, 15) is 0 Å². The minimum Gasteiger partial charge on any atom is -0.489 e. The Kier molecular flexibility index (Phi) is 4.99. The first-order valence-corrected chi connectivity index (χ1v) is 5.61. The summed E-state index contributed by atoms with van der Waals surface area (Å²) in [6.07, 6.45) is 8.65. The highest BCUT2D eigenvalue weighted by atomic mass is 16.5. The fraction of sp³-hybridized carbons (Fsp3) is 0.462. The predicted molar refractivity (Wildman–Crippen MR) is 67.3 cm³/mol. The minimum absolute atomic E-state index is 0.171. The normalized spacial score (nSPS) is 13.3. The molecule has 16 heavy (non-hydrogen) atoms. The summed E-state index contributed by atoms with van der Waals surface area (Å²) in [4.78, 5) is 4.13. The van der Waals surface area contributed by atoms with E-state index < -0.39 is 0 Å². The maximum atomic E-state index is 5.66. The van der Waals surface area contributed by atoms with Crippen LogP contribution in [0.5, 0.6) is 5.75 Å². The van der Waals surface area contributed by atoms with E-state index in [-0.39, 0.29) is 12.1 Å². The van der Waals surface area contributed by atoms with Crippen molar-refractivity contribution in [2.45, 2.75) is 39.3 Å². The lowest BCUT2D eigenvalue weighted by atomic mass is 10.2. The number of pyridine rings is 1. The molecular formula is C13H20N2O. The second kappa shape index (κ2) is 6.28. The van der Waals surface area contributed by atoms with Gasteiger partial charge in [0.2, 0.25) is 0 Å². The first-order chi connectivity index (χ1) is 7.58. The summed E-state index contributed by atoms with van der Waals surface area (Å²) in [5, 5.41) is 0. The molecule has 0 radical (unpaired) electrons. The molecule has 3 heteroatoms. The Morgan fingerprint density at radius 1 is 1.38 bits per heavy atom. The van der Waals surface area contributed by atoms with Crippen LogP contribution < -0.4 is 10.5 Å². The largest absolute Gasteiger partial charge is 0.489 e. The quantitative estimate of drug-likeness (QED) is 0.829. The van der Waals surface area contributed by atoms with Gasteiger partial charge in [-0.05, 0) is 38.8 Å². The van der Waals surface area contributed by atoms with Crippen LogP contribution in [-0.4, -0.2) is 17.1 Å². The molecule has 3 nitrogen and oxygen atoms in total. The van der Waals surface area contributed by atoms with Crippen molar-refractivity contribution in [3.8, 4) is 5.75 Å². The average Bonchev–Trinajstić information content (AvgIpc) is 2.16. The highest BCUT2D eigenvalue weighted by Gasteiger charge is 1.98. The Labute approximate surface area is 97.3 Å². The maximum absolute atomic E-state index is 5.66. The van der Waals surface area contributed by atoms with E-state index in [0.29, 0.717) is 0 Å². The van der Waals surface area contributed by atoms with Crippen molar-refractivity contribution in [1.82, 2.24) is 4.98 Å². The number of rotatable bonds is 5. The first kappa shape index (κ1) is 12.7. The maximum Gasteiger partial charge on any atom is 0.138 e. The van der Waals surface area contributed by atoms with Crippen molar-refractivity contribution < 1.29 is 4.74 Å². The molecule has 0 bridgehead atoms. The van der Waals surface area contributed by atoms with Gasteiger partial charge in [-0.1, -0.05) is 12.2 Å². The molecule has 1 atom stereocenters. The van der Waals surface area contributed by atoms with Gasteiger partial charge >= 0.3 is 0 Å². The molecule has 0 aromatic carbocycles. The summed E-state index contributed by atoms with van der Waals surface area (Å²) in [6.45, 7) is 5.98. The third-order valence-corrected chi connectivity index (χ3v) is 1.92. The molecule has 0 amide bonds. The Balaban J connectivity index is 2.63. The van der Waals surface area contributed by atoms with Crippen LogP contribution in [0.4, 0.5) is 0 Å². The molecule has 1 rings (SSSR count). The van der Waals surface area contributed by atoms with E-state index in [2.05, 4.69) is 11.1 Å². The topological polar surface area (TPSA) is 48.1 Å². The lowest BCUT2D eigenvalue weighted by Gasteiger charge is -2.09. The standard InChI is InChI=1S/C13H20N2O/c1-10(2)16-13-7-12(8-15-9-13)6-4-5-11(3)14/h4,6-11H,5,14H2,1-3H3/b6-4-. The molecule has 0 fully saturated rings. The van der Waals surface area contributed by atoms with E-state index in [1.807, 2.05) is 39.1 Å². The van der Waals surface area contributed by atoms with Crippen molar-refractivity contribution in [2.24, 2.45) is 5.73 Å². The predicted octanol–water partition coefficient (Wildman–Crippen LogP) is 2.62. The molecule has 0 aliphatic carbocycles. The first-order valence-electron chi connectivity index (χ1n) is 5.61. The molecule has 0 saturated heterocycles. The second-order valence-electron chi connectivity index (χ2n) is 4.24. The van der Waals surface area contributed by atoms with Crippen LogP contribution in [0.15, 0.2) is 24.5 Å². The minimum atomic E-state index is 0.171. The Bertz CT molecular complexity index is 346. The zero-order chi connectivity index (χ0) is 12.0. The lowest BCUT2D eigenvalue weighted by Crippen LogP contribution is -2.12. The number of ether oxygens (including phenoxy) is 1. The number of hydrogen-bond donors (Lipinski definition) is 1. The monoisotopic (exact) mass is 220 g/mol. The van der Waals surface area contributed by atoms with Crippen molar-refractivity contribution in [3.05, 3.63) is 30.1 Å². The summed E-state index contributed by atoms with van der Waals surface area (Å²) >= 11 is 0. The van der Waals surface area contributed by atoms with Gasteiger partial charge in [-0.3, -0.25) is 4.98 Å². The summed E-state index contributed by atoms with van der Waals surface area (Å²) < 4.78 is 5.56. The molecule has 2 N–H and O–H groups in total. The van der Waals surface area contributed by atoms with E-state index in [4.69, 9.17) is 10.5 Å². The van der Waals surface area contributed by atoms with E-state index in [0.717, 1.165) is 17.7 Å². The highest BCUT2D eigenvalue weighted by Crippen LogP contribution is 2.14. The van der Waals surface area contributed by atoms with Gasteiger partial charge in [0, 0.05) is 12.2 Å². The van der Waals surface area contributed by atoms with Crippen LogP contribution >= 0.6 is 0 Å². The Morgan fingerprint density at radius 2 is 2.12 bits per heavy atom. The van der Waals surface area contributed by atoms with E-state index in [1.165, 1.54) is 0 Å². The SMILES string of the molecule is CC(N)C/C=C\c1cncc(OC(C)C)c1. The molecule has 1 heterocycles. The summed E-state index contributed by atoms with van der Waals surface area (Å²) in [6, 6.07) is 2.17. The molecule has 1 unspecified atom stereocenters. The summed E-state index contributed by atoms with van der Waals surface area (Å²) in [5.74, 6) is 0.804. The molecular weight excluding hydrogens is 200 g/mol. The highest BCUT2D eigenvalue weighted by molar-refractivity contribution is 5.49. The molecule has 88 valence electrons. The molecule has 0 aliphatic rings. The number of nitrogens with zero attached hydrogens (tertiary/aromatic N) is 1. The van der Waals surface area contributed by atoms with Gasteiger partial charge in [-0.25, -0.2) is 0 Å². The number of aromatic nitrogens is 1. The van der Waals surface area contributed by atoms with Gasteiger partial charge in [-0.2, -0.15) is 0 Å². The van der Waals surface area contributed by atoms with Gasteiger partial charge in [0.15, 0.2) is 0 Å². The third-order valence-electron chi connectivity index (χ3n) is 1.92. The van der Waals surface area contributed by atoms with Gasteiger partial charge < -0.3 is 10.5 Å². The van der Waals surface area contributed by atoms with Crippen LogP contribution in [0.25, 0.3) is 6.08 Å². The van der Waals surface area contributed by atoms with Gasteiger partial charge in [-0.15, -0.1) is 0 Å². The molecule has 0 saturated carbocycles. The summed E-state index contributed by atoms with van der Waals surface area (Å²) in [5.41, 5.74) is 6.70. The lowest BCUT2D eigenvalue weighted by molar-refractivity contribution is 0.241. The third kappa shape index (κ3) is 4.94. The molecule has 1 aromatic rings. The van der Waals surface area contributed by atoms with Gasteiger partial charge in [0.25, 0.3) is 0 Å². The molecule has 0 aliphatic heterocycles. The van der Waals surface area contributed by atoms with Crippen LogP contribution in [-0.2, 0) is 0 Å². The number of hydrogen-bond acceptors (Lipinski definition) is 3. The van der Waals surface area contributed by atoms with Crippen molar-refractivity contribution in [2.75, 3.05) is 0 Å². The van der Waals surface area contributed by atoms with Gasteiger partial charge in [0.05, 0.1) is 12.3 Å². The van der Waals surface area contributed by atoms with Crippen LogP contribution in [0.1, 0.15) is 32.8 Å². The zero-order valence-electron chi connectivity index (χ0n) is 10.2. The number of nitrogens with two attached hydrogens (primary N) is 1. The van der Waals surface area contributed by atoms with Gasteiger partial charge in [0.1, 0.15) is 5.75 Å². The van der Waals surface area contributed by atoms with Crippen molar-refractivity contribution in [3.63, 3.8) is 0 Å². The Morgan fingerprint density at radius 3 is 2.75 bits per heavy atom. The van der Waals surface area contributed by atoms with Crippen molar-refractivity contribution in [1.29, 1.82) is 0 Å². The average molecular weight is 220 g/mol. The van der Waals surface area contributed by atoms with E-state index >= 15 is 0 Å². The van der Waals surface area contributed by atoms with Crippen molar-refractivity contribution >= 4 is 6.08 Å². The second-order valence-corrected chi connectivity index (χ2v) is 4.24.